The molecule has 3 rings (SSSR count). The van der Waals surface area contributed by atoms with Gasteiger partial charge in [-0.15, -0.1) is 0 Å². The molecular formula is C14H21N3O3S. The average Bonchev–Trinajstić information content (AvgIpc) is 3.07. The predicted octanol–water partition coefficient (Wildman–Crippen LogP) is 0.681. The molecule has 1 N–H and O–H groups in total. The summed E-state index contributed by atoms with van der Waals surface area (Å²) in [6.45, 7) is 3.80. The Bertz CT molecular complexity index is 674. The summed E-state index contributed by atoms with van der Waals surface area (Å²) in [5.41, 5.74) is 2.67. The van der Waals surface area contributed by atoms with Gasteiger partial charge in [0.05, 0.1) is 29.7 Å². The molecule has 0 bridgehead atoms. The van der Waals surface area contributed by atoms with Crippen LogP contribution in [0.25, 0.3) is 0 Å². The molecule has 1 aromatic heterocycles. The summed E-state index contributed by atoms with van der Waals surface area (Å²) in [6.07, 6.45) is 3.08. The number of sulfone groups is 1. The molecule has 21 heavy (non-hydrogen) atoms. The van der Waals surface area contributed by atoms with Gasteiger partial charge in [-0.1, -0.05) is 0 Å². The molecule has 2 heterocycles. The van der Waals surface area contributed by atoms with E-state index in [2.05, 4.69) is 10.4 Å². The lowest BCUT2D eigenvalue weighted by Crippen LogP contribution is -2.27. The van der Waals surface area contributed by atoms with Crippen LogP contribution in [-0.2, 0) is 21.1 Å². The number of rotatable bonds is 4. The van der Waals surface area contributed by atoms with Crippen LogP contribution in [0.2, 0.25) is 0 Å². The highest BCUT2D eigenvalue weighted by Crippen LogP contribution is 2.27. The van der Waals surface area contributed by atoms with Gasteiger partial charge in [-0.2, -0.15) is 5.10 Å². The Morgan fingerprint density at radius 1 is 1.33 bits per heavy atom. The van der Waals surface area contributed by atoms with Gasteiger partial charge in [0.25, 0.3) is 0 Å². The van der Waals surface area contributed by atoms with E-state index in [1.807, 2.05) is 13.8 Å². The minimum absolute atomic E-state index is 0.0299. The first-order chi connectivity index (χ1) is 9.85. The number of amides is 1. The predicted molar refractivity (Wildman–Crippen MR) is 78.9 cm³/mol. The fraction of sp³-hybridized carbons (Fsp3) is 0.714. The minimum Gasteiger partial charge on any atom is -0.353 e. The van der Waals surface area contributed by atoms with E-state index in [9.17, 15) is 13.2 Å². The molecule has 1 aliphatic heterocycles. The molecule has 2 fully saturated rings. The number of aromatic nitrogens is 2. The second kappa shape index (κ2) is 5.12. The van der Waals surface area contributed by atoms with Crippen LogP contribution >= 0.6 is 0 Å². The first-order valence-corrected chi connectivity index (χ1v) is 9.22. The van der Waals surface area contributed by atoms with Crippen molar-refractivity contribution >= 4 is 15.7 Å². The summed E-state index contributed by atoms with van der Waals surface area (Å²) in [4.78, 5) is 12.0. The Hall–Kier alpha value is -1.37. The third kappa shape index (κ3) is 3.12. The third-order valence-electron chi connectivity index (χ3n) is 4.31. The largest absolute Gasteiger partial charge is 0.353 e. The van der Waals surface area contributed by atoms with Crippen molar-refractivity contribution < 1.29 is 13.2 Å². The molecule has 1 unspecified atom stereocenters. The first-order valence-electron chi connectivity index (χ1n) is 7.40. The van der Waals surface area contributed by atoms with Crippen molar-refractivity contribution in [3.8, 4) is 0 Å². The molecule has 7 heteroatoms. The van der Waals surface area contributed by atoms with E-state index < -0.39 is 9.84 Å². The molecule has 0 radical (unpaired) electrons. The molecule has 1 aromatic rings. The quantitative estimate of drug-likeness (QED) is 0.886. The van der Waals surface area contributed by atoms with Crippen molar-refractivity contribution in [1.82, 2.24) is 15.1 Å². The lowest BCUT2D eigenvalue weighted by atomic mass is 10.1. The maximum atomic E-state index is 12.0. The van der Waals surface area contributed by atoms with E-state index >= 15 is 0 Å². The maximum Gasteiger partial charge on any atom is 0.224 e. The van der Waals surface area contributed by atoms with Crippen molar-refractivity contribution in [2.75, 3.05) is 11.5 Å². The van der Waals surface area contributed by atoms with Crippen LogP contribution < -0.4 is 5.32 Å². The van der Waals surface area contributed by atoms with E-state index in [1.54, 1.807) is 4.68 Å². The van der Waals surface area contributed by atoms with Crippen molar-refractivity contribution in [1.29, 1.82) is 0 Å². The Balaban J connectivity index is 1.77. The molecule has 1 saturated carbocycles. The summed E-state index contributed by atoms with van der Waals surface area (Å²) in [5, 5.41) is 7.45. The SMILES string of the molecule is Cc1nn(C2CCS(=O)(=O)C2)c(C)c1CC(=O)NC1CC1. The zero-order valence-electron chi connectivity index (χ0n) is 12.4. The van der Waals surface area contributed by atoms with E-state index in [0.717, 1.165) is 29.8 Å². The minimum atomic E-state index is -2.93. The molecule has 0 spiro atoms. The van der Waals surface area contributed by atoms with Crippen molar-refractivity contribution in [3.63, 3.8) is 0 Å². The molecule has 1 amide bonds. The van der Waals surface area contributed by atoms with Gasteiger partial charge >= 0.3 is 0 Å². The fourth-order valence-electron chi connectivity index (χ4n) is 2.94. The number of carbonyl (C=O) groups excluding carboxylic acids is 1. The van der Waals surface area contributed by atoms with E-state index in [0.29, 0.717) is 18.9 Å². The number of aryl methyl sites for hydroxylation is 1. The molecule has 0 aromatic carbocycles. The second-order valence-electron chi connectivity index (χ2n) is 6.17. The normalized spacial score (nSPS) is 24.2. The molecule has 1 atom stereocenters. The van der Waals surface area contributed by atoms with Gasteiger partial charge in [0.15, 0.2) is 9.84 Å². The number of carbonyl (C=O) groups is 1. The lowest BCUT2D eigenvalue weighted by Gasteiger charge is -2.11. The van der Waals surface area contributed by atoms with Gasteiger partial charge in [-0.3, -0.25) is 9.48 Å². The van der Waals surface area contributed by atoms with Crippen LogP contribution in [0.4, 0.5) is 0 Å². The highest BCUT2D eigenvalue weighted by molar-refractivity contribution is 7.91. The Kier molecular flexibility index (Phi) is 3.55. The Labute approximate surface area is 124 Å². The summed E-state index contributed by atoms with van der Waals surface area (Å²) in [6, 6.07) is 0.266. The second-order valence-corrected chi connectivity index (χ2v) is 8.40. The van der Waals surface area contributed by atoms with Crippen LogP contribution in [0.15, 0.2) is 0 Å². The molecule has 1 saturated heterocycles. The summed E-state index contributed by atoms with van der Waals surface area (Å²) < 4.78 is 25.0. The van der Waals surface area contributed by atoms with Crippen LogP contribution in [-0.4, -0.2) is 41.7 Å². The first kappa shape index (κ1) is 14.6. The summed E-state index contributed by atoms with van der Waals surface area (Å²) in [7, 11) is -2.93. The fourth-order valence-corrected chi connectivity index (χ4v) is 4.64. The maximum absolute atomic E-state index is 12.0. The number of nitrogens with one attached hydrogen (secondary N) is 1. The molecule has 6 nitrogen and oxygen atoms in total. The molecular weight excluding hydrogens is 290 g/mol. The van der Waals surface area contributed by atoms with Gasteiger partial charge in [0.2, 0.25) is 5.91 Å². The van der Waals surface area contributed by atoms with Crippen molar-refractivity contribution in [2.45, 2.75) is 51.6 Å². The van der Waals surface area contributed by atoms with Crippen LogP contribution in [0.5, 0.6) is 0 Å². The summed E-state index contributed by atoms with van der Waals surface area (Å²) >= 11 is 0. The van der Waals surface area contributed by atoms with E-state index in [-0.39, 0.29) is 23.5 Å². The Morgan fingerprint density at radius 2 is 2.05 bits per heavy atom. The van der Waals surface area contributed by atoms with Gasteiger partial charge in [-0.05, 0) is 33.1 Å². The smallest absolute Gasteiger partial charge is 0.224 e. The molecule has 2 aliphatic rings. The van der Waals surface area contributed by atoms with Gasteiger partial charge in [0, 0.05) is 17.3 Å². The number of hydrogen-bond donors (Lipinski definition) is 1. The zero-order valence-corrected chi connectivity index (χ0v) is 13.2. The highest BCUT2D eigenvalue weighted by atomic mass is 32.2. The number of hydrogen-bond acceptors (Lipinski definition) is 4. The average molecular weight is 311 g/mol. The standard InChI is InChI=1S/C14H21N3O3S/c1-9-13(7-14(18)15-11-3-4-11)10(2)17(16-9)12-5-6-21(19,20)8-12/h11-12H,3-8H2,1-2H3,(H,15,18). The van der Waals surface area contributed by atoms with Gasteiger partial charge < -0.3 is 5.32 Å². The van der Waals surface area contributed by atoms with Crippen LogP contribution in [0, 0.1) is 13.8 Å². The summed E-state index contributed by atoms with van der Waals surface area (Å²) in [5.74, 6) is 0.415. The Morgan fingerprint density at radius 3 is 2.62 bits per heavy atom. The highest BCUT2D eigenvalue weighted by Gasteiger charge is 2.32. The van der Waals surface area contributed by atoms with Crippen molar-refractivity contribution in [3.05, 3.63) is 17.0 Å². The molecule has 116 valence electrons. The topological polar surface area (TPSA) is 81.1 Å². The van der Waals surface area contributed by atoms with Crippen molar-refractivity contribution in [2.24, 2.45) is 0 Å². The third-order valence-corrected chi connectivity index (χ3v) is 6.06. The van der Waals surface area contributed by atoms with E-state index in [1.165, 1.54) is 0 Å². The monoisotopic (exact) mass is 311 g/mol. The molecule has 1 aliphatic carbocycles. The van der Waals surface area contributed by atoms with E-state index in [4.69, 9.17) is 0 Å². The van der Waals surface area contributed by atoms with Crippen LogP contribution in [0.1, 0.15) is 42.3 Å². The number of nitrogens with zero attached hydrogens (tertiary/aromatic N) is 2. The lowest BCUT2D eigenvalue weighted by molar-refractivity contribution is -0.120. The van der Waals surface area contributed by atoms with Crippen LogP contribution in [0.3, 0.4) is 0 Å². The van der Waals surface area contributed by atoms with Gasteiger partial charge in [-0.25, -0.2) is 8.42 Å². The zero-order chi connectivity index (χ0) is 15.2. The van der Waals surface area contributed by atoms with Gasteiger partial charge in [0.1, 0.15) is 0 Å².